The molecule has 0 aliphatic carbocycles. The molecule has 0 aromatic heterocycles. The third-order valence-electron chi connectivity index (χ3n) is 4.57. The van der Waals surface area contributed by atoms with E-state index in [2.05, 4.69) is 10.5 Å². The minimum absolute atomic E-state index is 0.0610. The lowest BCUT2D eigenvalue weighted by molar-refractivity contribution is -0.119. The van der Waals surface area contributed by atoms with Gasteiger partial charge in [-0.3, -0.25) is 9.10 Å². The van der Waals surface area contributed by atoms with E-state index in [1.807, 2.05) is 0 Å². The number of para-hydroxylation sites is 2. The van der Waals surface area contributed by atoms with Crippen LogP contribution >= 0.6 is 0 Å². The summed E-state index contributed by atoms with van der Waals surface area (Å²) in [5, 5.41) is 3.94. The van der Waals surface area contributed by atoms with Crippen molar-refractivity contribution in [2.24, 2.45) is 5.10 Å². The Hall–Kier alpha value is -3.85. The van der Waals surface area contributed by atoms with Crippen molar-refractivity contribution in [3.05, 3.63) is 84.4 Å². The summed E-state index contributed by atoms with van der Waals surface area (Å²) < 4.78 is 38.6. The molecule has 0 unspecified atom stereocenters. The zero-order chi connectivity index (χ0) is 23.7. The molecule has 0 heterocycles. The number of carbonyl (C=O) groups excluding carboxylic acids is 1. The normalized spacial score (nSPS) is 11.2. The second-order valence-electron chi connectivity index (χ2n) is 6.79. The minimum Gasteiger partial charge on any atom is -0.497 e. The average molecular weight is 468 g/mol. The lowest BCUT2D eigenvalue weighted by atomic mass is 10.2. The van der Waals surface area contributed by atoms with E-state index < -0.39 is 22.5 Å². The molecule has 0 saturated heterocycles. The molecule has 0 atom stereocenters. The second-order valence-corrected chi connectivity index (χ2v) is 8.65. The zero-order valence-corrected chi connectivity index (χ0v) is 19.2. The molecule has 33 heavy (non-hydrogen) atoms. The fourth-order valence-electron chi connectivity index (χ4n) is 2.99. The van der Waals surface area contributed by atoms with Gasteiger partial charge >= 0.3 is 0 Å². The van der Waals surface area contributed by atoms with Crippen LogP contribution in [0.5, 0.6) is 11.5 Å². The van der Waals surface area contributed by atoms with Crippen LogP contribution in [0.4, 0.5) is 5.69 Å². The first-order chi connectivity index (χ1) is 16.0. The van der Waals surface area contributed by atoms with Crippen LogP contribution in [0, 0.1) is 0 Å². The molecule has 9 heteroatoms. The molecule has 3 aromatic rings. The van der Waals surface area contributed by atoms with E-state index >= 15 is 0 Å². The number of carbonyl (C=O) groups is 1. The van der Waals surface area contributed by atoms with Gasteiger partial charge in [0.15, 0.2) is 0 Å². The van der Waals surface area contributed by atoms with Crippen molar-refractivity contribution in [3.8, 4) is 11.5 Å². The highest BCUT2D eigenvalue weighted by molar-refractivity contribution is 7.92. The van der Waals surface area contributed by atoms with Crippen LogP contribution in [-0.2, 0) is 14.8 Å². The van der Waals surface area contributed by atoms with E-state index in [-0.39, 0.29) is 10.6 Å². The van der Waals surface area contributed by atoms with Gasteiger partial charge in [-0.1, -0.05) is 30.3 Å². The maximum Gasteiger partial charge on any atom is 0.264 e. The van der Waals surface area contributed by atoms with Gasteiger partial charge in [-0.15, -0.1) is 0 Å². The van der Waals surface area contributed by atoms with Gasteiger partial charge in [0.25, 0.3) is 15.9 Å². The number of benzene rings is 3. The summed E-state index contributed by atoms with van der Waals surface area (Å²) in [6, 6.07) is 21.7. The Labute approximate surface area is 193 Å². The van der Waals surface area contributed by atoms with E-state index in [4.69, 9.17) is 9.47 Å². The molecule has 0 spiro atoms. The van der Waals surface area contributed by atoms with Crippen LogP contribution < -0.4 is 19.2 Å². The van der Waals surface area contributed by atoms with Crippen molar-refractivity contribution >= 4 is 27.8 Å². The maximum absolute atomic E-state index is 13.4. The molecule has 0 aliphatic heterocycles. The van der Waals surface area contributed by atoms with E-state index in [1.165, 1.54) is 18.3 Å². The summed E-state index contributed by atoms with van der Waals surface area (Å²) in [7, 11) is -2.48. The quantitative estimate of drug-likeness (QED) is 0.364. The van der Waals surface area contributed by atoms with Gasteiger partial charge < -0.3 is 9.47 Å². The Kier molecular flexibility index (Phi) is 8.04. The molecule has 1 amide bonds. The molecule has 0 fully saturated rings. The predicted molar refractivity (Wildman–Crippen MR) is 127 cm³/mol. The van der Waals surface area contributed by atoms with Gasteiger partial charge in [0.1, 0.15) is 18.0 Å². The molecule has 0 bridgehead atoms. The fourth-order valence-corrected chi connectivity index (χ4v) is 4.45. The van der Waals surface area contributed by atoms with Gasteiger partial charge in [-0.05, 0) is 61.0 Å². The molecule has 3 aromatic carbocycles. The zero-order valence-electron chi connectivity index (χ0n) is 18.3. The molecule has 0 aliphatic rings. The van der Waals surface area contributed by atoms with Gasteiger partial charge in [-0.25, -0.2) is 13.8 Å². The van der Waals surface area contributed by atoms with Gasteiger partial charge in [0.2, 0.25) is 0 Å². The number of hydrogen-bond donors (Lipinski definition) is 1. The van der Waals surface area contributed by atoms with Crippen molar-refractivity contribution < 1.29 is 22.7 Å². The van der Waals surface area contributed by atoms with Crippen LogP contribution in [0.1, 0.15) is 12.5 Å². The number of sulfonamides is 1. The largest absolute Gasteiger partial charge is 0.497 e. The number of hydrazone groups is 1. The highest BCUT2D eigenvalue weighted by atomic mass is 32.2. The number of nitrogens with zero attached hydrogens (tertiary/aromatic N) is 2. The number of methoxy groups -OCH3 is 1. The molecule has 1 N–H and O–H groups in total. The number of amides is 1. The van der Waals surface area contributed by atoms with Crippen molar-refractivity contribution in [1.82, 2.24) is 5.43 Å². The first-order valence-corrected chi connectivity index (χ1v) is 11.6. The number of nitrogens with one attached hydrogen (secondary N) is 1. The maximum atomic E-state index is 13.4. The first-order valence-electron chi connectivity index (χ1n) is 10.2. The average Bonchev–Trinajstić information content (AvgIpc) is 2.84. The Bertz CT molecular complexity index is 1200. The first kappa shape index (κ1) is 23.8. The third-order valence-corrected chi connectivity index (χ3v) is 6.34. The molecule has 0 saturated carbocycles. The topological polar surface area (TPSA) is 97.3 Å². The Balaban J connectivity index is 1.85. The number of anilines is 1. The lowest BCUT2D eigenvalue weighted by Gasteiger charge is -2.25. The third kappa shape index (κ3) is 6.11. The van der Waals surface area contributed by atoms with E-state index in [1.54, 1.807) is 80.8 Å². The van der Waals surface area contributed by atoms with Crippen LogP contribution in [-0.4, -0.2) is 40.8 Å². The van der Waals surface area contributed by atoms with Crippen molar-refractivity contribution in [1.29, 1.82) is 0 Å². The van der Waals surface area contributed by atoms with E-state index in [0.29, 0.717) is 18.1 Å². The highest BCUT2D eigenvalue weighted by Gasteiger charge is 2.29. The summed E-state index contributed by atoms with van der Waals surface area (Å²) >= 11 is 0. The van der Waals surface area contributed by atoms with Crippen LogP contribution in [0.25, 0.3) is 0 Å². The van der Waals surface area contributed by atoms with Crippen LogP contribution in [0.3, 0.4) is 0 Å². The summed E-state index contributed by atoms with van der Waals surface area (Å²) in [4.78, 5) is 12.7. The highest BCUT2D eigenvalue weighted by Crippen LogP contribution is 2.32. The van der Waals surface area contributed by atoms with Gasteiger partial charge in [0, 0.05) is 0 Å². The van der Waals surface area contributed by atoms with Crippen molar-refractivity contribution in [2.45, 2.75) is 11.8 Å². The van der Waals surface area contributed by atoms with Crippen LogP contribution in [0.15, 0.2) is 88.9 Å². The second kappa shape index (κ2) is 11.1. The smallest absolute Gasteiger partial charge is 0.264 e. The van der Waals surface area contributed by atoms with Gasteiger partial charge in [-0.2, -0.15) is 5.10 Å². The molecule has 8 nitrogen and oxygen atoms in total. The monoisotopic (exact) mass is 467 g/mol. The minimum atomic E-state index is -4.05. The molecule has 3 rings (SSSR count). The molecule has 172 valence electrons. The van der Waals surface area contributed by atoms with E-state index in [9.17, 15) is 13.2 Å². The molecular formula is C24H25N3O5S. The Morgan fingerprint density at radius 1 is 1.00 bits per heavy atom. The van der Waals surface area contributed by atoms with E-state index in [0.717, 1.165) is 9.87 Å². The Morgan fingerprint density at radius 3 is 2.33 bits per heavy atom. The summed E-state index contributed by atoms with van der Waals surface area (Å²) in [6.45, 7) is 1.66. The van der Waals surface area contributed by atoms with Crippen molar-refractivity contribution in [2.75, 3.05) is 24.6 Å². The SMILES string of the molecule is CCOc1ccccc1N(CC(=O)N/N=C\c1ccc(OC)cc1)S(=O)(=O)c1ccccc1. The standard InChI is InChI=1S/C24H25N3O5S/c1-3-32-23-12-8-7-11-22(23)27(33(29,30)21-9-5-4-6-10-21)18-24(28)26-25-17-19-13-15-20(31-2)16-14-19/h4-17H,3,18H2,1-2H3,(H,26,28)/b25-17-. The molecular weight excluding hydrogens is 442 g/mol. The number of rotatable bonds is 10. The lowest BCUT2D eigenvalue weighted by Crippen LogP contribution is -2.39. The van der Waals surface area contributed by atoms with Crippen molar-refractivity contribution in [3.63, 3.8) is 0 Å². The van der Waals surface area contributed by atoms with Crippen LogP contribution in [0.2, 0.25) is 0 Å². The Morgan fingerprint density at radius 2 is 1.67 bits per heavy atom. The predicted octanol–water partition coefficient (Wildman–Crippen LogP) is 3.44. The molecule has 0 radical (unpaired) electrons. The fraction of sp³-hybridized carbons (Fsp3) is 0.167. The summed E-state index contributed by atoms with van der Waals surface area (Å²) in [6.07, 6.45) is 1.46. The number of ether oxygens (including phenoxy) is 2. The summed E-state index contributed by atoms with van der Waals surface area (Å²) in [5.74, 6) is 0.450. The van der Waals surface area contributed by atoms with Gasteiger partial charge in [0.05, 0.1) is 30.5 Å². The number of hydrogen-bond acceptors (Lipinski definition) is 6. The summed E-state index contributed by atoms with van der Waals surface area (Å²) in [5.41, 5.74) is 3.39.